The fourth-order valence-electron chi connectivity index (χ4n) is 2.26. The summed E-state index contributed by atoms with van der Waals surface area (Å²) in [4.78, 5) is 0. The first-order chi connectivity index (χ1) is 10.1. The van der Waals surface area contributed by atoms with Crippen LogP contribution in [0.15, 0.2) is 40.9 Å². The zero-order valence-electron chi connectivity index (χ0n) is 11.8. The lowest BCUT2D eigenvalue weighted by molar-refractivity contribution is 0.404. The van der Waals surface area contributed by atoms with Crippen LogP contribution in [-0.2, 0) is 0 Å². The van der Waals surface area contributed by atoms with Crippen LogP contribution in [0.1, 0.15) is 24.1 Å². The number of para-hydroxylation sites is 1. The second kappa shape index (κ2) is 7.00. The van der Waals surface area contributed by atoms with Crippen molar-refractivity contribution >= 4 is 15.9 Å². The Hall–Kier alpha value is -1.46. The second-order valence-electron chi connectivity index (χ2n) is 4.50. The first kappa shape index (κ1) is 15.9. The Morgan fingerprint density at radius 2 is 1.86 bits per heavy atom. The molecule has 0 aromatic heterocycles. The first-order valence-corrected chi connectivity index (χ1v) is 7.39. The van der Waals surface area contributed by atoms with Gasteiger partial charge in [0.05, 0.1) is 17.6 Å². The molecule has 0 aliphatic rings. The summed E-state index contributed by atoms with van der Waals surface area (Å²) in [6.45, 7) is 2.63. The molecular weight excluding hydrogens is 340 g/mol. The number of ether oxygens (including phenoxy) is 1. The summed E-state index contributed by atoms with van der Waals surface area (Å²) in [7, 11) is 1.59. The van der Waals surface area contributed by atoms with Crippen molar-refractivity contribution < 1.29 is 13.5 Å². The molecule has 2 aromatic rings. The quantitative estimate of drug-likeness (QED) is 0.800. The molecule has 112 valence electrons. The molecule has 2 nitrogen and oxygen atoms in total. The molecule has 2 aromatic carbocycles. The summed E-state index contributed by atoms with van der Waals surface area (Å²) in [6.07, 6.45) is 0. The highest BCUT2D eigenvalue weighted by Crippen LogP contribution is 2.35. The van der Waals surface area contributed by atoms with Gasteiger partial charge in [0.2, 0.25) is 0 Å². The molecule has 0 aliphatic heterocycles. The van der Waals surface area contributed by atoms with Gasteiger partial charge >= 0.3 is 0 Å². The highest BCUT2D eigenvalue weighted by Gasteiger charge is 2.22. The standard InChI is InChI=1S/C16H16BrF2NO/c1-3-20-16(10-6-4-5-7-13(10)21-2)11-8-9-12(18)15(19)14(11)17/h4-9,16,20H,3H2,1-2H3. The Labute approximate surface area is 131 Å². The minimum Gasteiger partial charge on any atom is -0.496 e. The van der Waals surface area contributed by atoms with Gasteiger partial charge in [-0.05, 0) is 40.2 Å². The van der Waals surface area contributed by atoms with Crippen LogP contribution in [-0.4, -0.2) is 13.7 Å². The SMILES string of the molecule is CCNC(c1ccccc1OC)c1ccc(F)c(F)c1Br. The smallest absolute Gasteiger partial charge is 0.173 e. The molecular formula is C16H16BrF2NO. The van der Waals surface area contributed by atoms with Gasteiger partial charge in [0.25, 0.3) is 0 Å². The van der Waals surface area contributed by atoms with Gasteiger partial charge < -0.3 is 10.1 Å². The van der Waals surface area contributed by atoms with Crippen molar-refractivity contribution in [1.29, 1.82) is 0 Å². The molecule has 0 aliphatic carbocycles. The maximum Gasteiger partial charge on any atom is 0.173 e. The molecule has 0 fully saturated rings. The Balaban J connectivity index is 2.56. The molecule has 5 heteroatoms. The molecule has 0 saturated heterocycles. The van der Waals surface area contributed by atoms with E-state index in [1.165, 1.54) is 0 Å². The molecule has 0 heterocycles. The Morgan fingerprint density at radius 3 is 2.52 bits per heavy atom. The fourth-order valence-corrected chi connectivity index (χ4v) is 2.81. The van der Waals surface area contributed by atoms with Gasteiger partial charge in [-0.2, -0.15) is 0 Å². The fraction of sp³-hybridized carbons (Fsp3) is 0.250. The van der Waals surface area contributed by atoms with E-state index in [1.807, 2.05) is 31.2 Å². The van der Waals surface area contributed by atoms with Crippen LogP contribution in [0, 0.1) is 11.6 Å². The monoisotopic (exact) mass is 355 g/mol. The van der Waals surface area contributed by atoms with Gasteiger partial charge in [0, 0.05) is 5.56 Å². The summed E-state index contributed by atoms with van der Waals surface area (Å²) in [6, 6.07) is 9.91. The third kappa shape index (κ3) is 3.24. The van der Waals surface area contributed by atoms with Crippen molar-refractivity contribution in [3.63, 3.8) is 0 Å². The van der Waals surface area contributed by atoms with Gasteiger partial charge in [-0.1, -0.05) is 31.2 Å². The Kier molecular flexibility index (Phi) is 5.31. The lowest BCUT2D eigenvalue weighted by Gasteiger charge is -2.22. The molecule has 21 heavy (non-hydrogen) atoms. The number of benzene rings is 2. The minimum atomic E-state index is -0.884. The predicted molar refractivity (Wildman–Crippen MR) is 82.6 cm³/mol. The summed E-state index contributed by atoms with van der Waals surface area (Å²) in [5, 5.41) is 3.28. The molecule has 0 spiro atoms. The van der Waals surface area contributed by atoms with E-state index in [0.29, 0.717) is 17.9 Å². The lowest BCUT2D eigenvalue weighted by atomic mass is 9.97. The highest BCUT2D eigenvalue weighted by atomic mass is 79.9. The van der Waals surface area contributed by atoms with Crippen molar-refractivity contribution in [3.8, 4) is 5.75 Å². The molecule has 0 amide bonds. The third-order valence-electron chi connectivity index (χ3n) is 3.23. The van der Waals surface area contributed by atoms with E-state index in [-0.39, 0.29) is 10.5 Å². The first-order valence-electron chi connectivity index (χ1n) is 6.59. The topological polar surface area (TPSA) is 21.3 Å². The number of rotatable bonds is 5. The average molecular weight is 356 g/mol. The van der Waals surface area contributed by atoms with E-state index >= 15 is 0 Å². The van der Waals surface area contributed by atoms with Gasteiger partial charge in [-0.15, -0.1) is 0 Å². The van der Waals surface area contributed by atoms with Crippen LogP contribution in [0.25, 0.3) is 0 Å². The van der Waals surface area contributed by atoms with Crippen molar-refractivity contribution in [2.75, 3.05) is 13.7 Å². The van der Waals surface area contributed by atoms with E-state index in [1.54, 1.807) is 13.2 Å². The van der Waals surface area contributed by atoms with E-state index in [0.717, 1.165) is 11.6 Å². The van der Waals surface area contributed by atoms with Crippen LogP contribution in [0.5, 0.6) is 5.75 Å². The molecule has 0 radical (unpaired) electrons. The highest BCUT2D eigenvalue weighted by molar-refractivity contribution is 9.10. The van der Waals surface area contributed by atoms with Crippen LogP contribution in [0.2, 0.25) is 0 Å². The number of hydrogen-bond donors (Lipinski definition) is 1. The van der Waals surface area contributed by atoms with Crippen molar-refractivity contribution in [2.24, 2.45) is 0 Å². The zero-order valence-corrected chi connectivity index (χ0v) is 13.4. The molecule has 1 atom stereocenters. The summed E-state index contributed by atoms with van der Waals surface area (Å²) < 4.78 is 32.6. The molecule has 2 rings (SSSR count). The summed E-state index contributed by atoms with van der Waals surface area (Å²) in [5.74, 6) is -1.06. The number of halogens is 3. The van der Waals surface area contributed by atoms with Crippen LogP contribution < -0.4 is 10.1 Å². The molecule has 1 N–H and O–H groups in total. The number of methoxy groups -OCH3 is 1. The van der Waals surface area contributed by atoms with Gasteiger partial charge in [0.15, 0.2) is 11.6 Å². The minimum absolute atomic E-state index is 0.124. The molecule has 0 saturated carbocycles. The largest absolute Gasteiger partial charge is 0.496 e. The summed E-state index contributed by atoms with van der Waals surface area (Å²) >= 11 is 3.15. The third-order valence-corrected chi connectivity index (χ3v) is 4.04. The molecule has 0 bridgehead atoms. The average Bonchev–Trinajstić information content (AvgIpc) is 2.51. The Morgan fingerprint density at radius 1 is 1.14 bits per heavy atom. The van der Waals surface area contributed by atoms with Crippen LogP contribution in [0.3, 0.4) is 0 Å². The number of nitrogens with one attached hydrogen (secondary N) is 1. The van der Waals surface area contributed by atoms with Gasteiger partial charge in [-0.25, -0.2) is 8.78 Å². The predicted octanol–water partition coefficient (Wildman–Crippen LogP) is 4.43. The van der Waals surface area contributed by atoms with E-state index in [9.17, 15) is 8.78 Å². The van der Waals surface area contributed by atoms with Crippen molar-refractivity contribution in [1.82, 2.24) is 5.32 Å². The van der Waals surface area contributed by atoms with Gasteiger partial charge in [-0.3, -0.25) is 0 Å². The maximum atomic E-state index is 13.8. The van der Waals surface area contributed by atoms with Crippen LogP contribution >= 0.6 is 15.9 Å². The van der Waals surface area contributed by atoms with Gasteiger partial charge in [0.1, 0.15) is 5.75 Å². The zero-order chi connectivity index (χ0) is 15.4. The van der Waals surface area contributed by atoms with Crippen LogP contribution in [0.4, 0.5) is 8.78 Å². The van der Waals surface area contributed by atoms with E-state index in [4.69, 9.17) is 4.74 Å². The van der Waals surface area contributed by atoms with E-state index in [2.05, 4.69) is 21.2 Å². The lowest BCUT2D eigenvalue weighted by Crippen LogP contribution is -2.23. The summed E-state index contributed by atoms with van der Waals surface area (Å²) in [5.41, 5.74) is 1.49. The second-order valence-corrected chi connectivity index (χ2v) is 5.29. The van der Waals surface area contributed by atoms with E-state index < -0.39 is 11.6 Å². The van der Waals surface area contributed by atoms with Crippen molar-refractivity contribution in [3.05, 3.63) is 63.6 Å². The number of hydrogen-bond acceptors (Lipinski definition) is 2. The molecule has 1 unspecified atom stereocenters. The van der Waals surface area contributed by atoms with Crippen molar-refractivity contribution in [2.45, 2.75) is 13.0 Å². The normalized spacial score (nSPS) is 12.2. The Bertz CT molecular complexity index is 634. The maximum absolute atomic E-state index is 13.8.